The number of halogens is 2. The van der Waals surface area contributed by atoms with Crippen molar-refractivity contribution in [1.29, 1.82) is 0 Å². The van der Waals surface area contributed by atoms with Crippen molar-refractivity contribution in [2.75, 3.05) is 5.75 Å². The average molecular weight is 281 g/mol. The van der Waals surface area contributed by atoms with Crippen molar-refractivity contribution in [3.63, 3.8) is 0 Å². The topological polar surface area (TPSA) is 56.7 Å². The van der Waals surface area contributed by atoms with Gasteiger partial charge in [-0.2, -0.15) is 0 Å². The molecule has 0 aromatic carbocycles. The van der Waals surface area contributed by atoms with Gasteiger partial charge in [0.1, 0.15) is 5.82 Å². The van der Waals surface area contributed by atoms with Crippen molar-refractivity contribution < 1.29 is 0 Å². The average Bonchev–Trinajstić information content (AvgIpc) is 2.69. The zero-order chi connectivity index (χ0) is 12.0. The number of hydrogen-bond acceptors (Lipinski definition) is 4. The van der Waals surface area contributed by atoms with Crippen LogP contribution in [0.2, 0.25) is 0 Å². The molecule has 1 rings (SSSR count). The molecule has 0 bridgehead atoms. The lowest BCUT2D eigenvalue weighted by Gasteiger charge is -2.06. The molecule has 2 N–H and O–H groups in total. The second-order valence-corrected chi connectivity index (χ2v) is 4.75. The first kappa shape index (κ1) is 13.8. The Balaban J connectivity index is 2.75. The van der Waals surface area contributed by atoms with E-state index in [-0.39, 0.29) is 0 Å². The third-order valence-electron chi connectivity index (χ3n) is 1.88. The third kappa shape index (κ3) is 3.66. The van der Waals surface area contributed by atoms with Gasteiger partial charge >= 0.3 is 0 Å². The highest BCUT2D eigenvalue weighted by Gasteiger charge is 2.10. The van der Waals surface area contributed by atoms with Gasteiger partial charge in [0.15, 0.2) is 5.16 Å². The van der Waals surface area contributed by atoms with Gasteiger partial charge in [0.2, 0.25) is 0 Å². The van der Waals surface area contributed by atoms with Gasteiger partial charge in [-0.1, -0.05) is 41.9 Å². The number of aromatic nitrogens is 3. The molecule has 1 aromatic heterocycles. The molecule has 0 saturated carbocycles. The summed E-state index contributed by atoms with van der Waals surface area (Å²) in [6.07, 6.45) is 1.01. The first-order valence-electron chi connectivity index (χ1n) is 4.92. The zero-order valence-corrected chi connectivity index (χ0v) is 11.3. The van der Waals surface area contributed by atoms with Crippen molar-refractivity contribution in [2.45, 2.75) is 31.6 Å². The fourth-order valence-electron chi connectivity index (χ4n) is 1.19. The van der Waals surface area contributed by atoms with E-state index in [4.69, 9.17) is 28.9 Å². The summed E-state index contributed by atoms with van der Waals surface area (Å²) >= 11 is 12.8. The van der Waals surface area contributed by atoms with Crippen LogP contribution in [0.15, 0.2) is 15.7 Å². The Morgan fingerprint density at radius 1 is 1.56 bits per heavy atom. The minimum atomic E-state index is 0.395. The zero-order valence-electron chi connectivity index (χ0n) is 8.99. The molecule has 0 atom stereocenters. The summed E-state index contributed by atoms with van der Waals surface area (Å²) in [6.45, 7) is 3.36. The van der Waals surface area contributed by atoms with Gasteiger partial charge in [-0.3, -0.25) is 0 Å². The van der Waals surface area contributed by atoms with E-state index in [1.165, 1.54) is 17.3 Å². The predicted molar refractivity (Wildman–Crippen MR) is 68.7 cm³/mol. The summed E-state index contributed by atoms with van der Waals surface area (Å²) < 4.78 is 2.02. The lowest BCUT2D eigenvalue weighted by Crippen LogP contribution is -2.09. The Morgan fingerprint density at radius 3 is 2.88 bits per heavy atom. The standard InChI is InChI=1S/C9H14Cl2N4S/c1-2-3-15-8(5-12)13-14-9(15)16-6-7(11)4-10/h4H,2-3,5-6,12H2,1H3. The highest BCUT2D eigenvalue weighted by atomic mass is 35.5. The van der Waals surface area contributed by atoms with E-state index >= 15 is 0 Å². The number of rotatable bonds is 6. The molecule has 16 heavy (non-hydrogen) atoms. The maximum absolute atomic E-state index is 5.81. The van der Waals surface area contributed by atoms with E-state index in [9.17, 15) is 0 Å². The molecule has 4 nitrogen and oxygen atoms in total. The van der Waals surface area contributed by atoms with Crippen LogP contribution in [0.25, 0.3) is 0 Å². The predicted octanol–water partition coefficient (Wildman–Crippen LogP) is 2.56. The van der Waals surface area contributed by atoms with Gasteiger partial charge in [-0.25, -0.2) is 0 Å². The van der Waals surface area contributed by atoms with Crippen LogP contribution in [-0.4, -0.2) is 20.5 Å². The molecule has 0 aliphatic heterocycles. The fraction of sp³-hybridized carbons (Fsp3) is 0.556. The van der Waals surface area contributed by atoms with Crippen molar-refractivity contribution in [3.8, 4) is 0 Å². The molecule has 1 aromatic rings. The Kier molecular flexibility index (Phi) is 6.20. The Labute approximate surface area is 109 Å². The molecule has 0 aliphatic carbocycles. The SMILES string of the molecule is CCCn1c(CN)nnc1SCC(Cl)=CCl. The minimum absolute atomic E-state index is 0.395. The van der Waals surface area contributed by atoms with Gasteiger partial charge in [0, 0.05) is 22.9 Å². The molecule has 1 heterocycles. The fourth-order valence-corrected chi connectivity index (χ4v) is 2.32. The molecule has 90 valence electrons. The summed E-state index contributed by atoms with van der Waals surface area (Å²) in [7, 11) is 0. The number of nitrogens with two attached hydrogens (primary N) is 1. The molecule has 0 aliphatic rings. The lowest BCUT2D eigenvalue weighted by molar-refractivity contribution is 0.592. The van der Waals surface area contributed by atoms with Crippen molar-refractivity contribution >= 4 is 35.0 Å². The molecule has 7 heteroatoms. The second-order valence-electron chi connectivity index (χ2n) is 3.10. The molecule has 0 spiro atoms. The van der Waals surface area contributed by atoms with E-state index in [2.05, 4.69) is 17.1 Å². The van der Waals surface area contributed by atoms with E-state index < -0.39 is 0 Å². The normalized spacial score (nSPS) is 12.1. The van der Waals surface area contributed by atoms with Crippen LogP contribution in [-0.2, 0) is 13.1 Å². The third-order valence-corrected chi connectivity index (χ3v) is 3.67. The Morgan fingerprint density at radius 2 is 2.31 bits per heavy atom. The van der Waals surface area contributed by atoms with Gasteiger partial charge in [-0.05, 0) is 6.42 Å². The van der Waals surface area contributed by atoms with Crippen LogP contribution >= 0.6 is 35.0 Å². The minimum Gasteiger partial charge on any atom is -0.324 e. The molecular formula is C9H14Cl2N4S. The molecular weight excluding hydrogens is 267 g/mol. The largest absolute Gasteiger partial charge is 0.324 e. The number of thioether (sulfide) groups is 1. The first-order valence-corrected chi connectivity index (χ1v) is 6.72. The van der Waals surface area contributed by atoms with Gasteiger partial charge < -0.3 is 10.3 Å². The van der Waals surface area contributed by atoms with E-state index in [0.29, 0.717) is 17.3 Å². The van der Waals surface area contributed by atoms with E-state index in [0.717, 1.165) is 23.9 Å². The maximum atomic E-state index is 5.81. The van der Waals surface area contributed by atoms with Crippen molar-refractivity contribution in [1.82, 2.24) is 14.8 Å². The lowest BCUT2D eigenvalue weighted by atomic mass is 10.4. The van der Waals surface area contributed by atoms with Crippen LogP contribution < -0.4 is 5.73 Å². The van der Waals surface area contributed by atoms with E-state index in [1.54, 1.807) is 0 Å². The first-order chi connectivity index (χ1) is 7.72. The number of hydrogen-bond donors (Lipinski definition) is 1. The van der Waals surface area contributed by atoms with Crippen LogP contribution in [0.3, 0.4) is 0 Å². The molecule has 0 fully saturated rings. The molecule has 0 saturated heterocycles. The Hall–Kier alpha value is -0.230. The maximum Gasteiger partial charge on any atom is 0.191 e. The molecule has 0 amide bonds. The number of nitrogens with zero attached hydrogens (tertiary/aromatic N) is 3. The smallest absolute Gasteiger partial charge is 0.191 e. The summed E-state index contributed by atoms with van der Waals surface area (Å²) in [5, 5.41) is 9.53. The summed E-state index contributed by atoms with van der Waals surface area (Å²) in [4.78, 5) is 0. The van der Waals surface area contributed by atoms with Crippen LogP contribution in [0.1, 0.15) is 19.2 Å². The van der Waals surface area contributed by atoms with Crippen LogP contribution in [0.5, 0.6) is 0 Å². The summed E-state index contributed by atoms with van der Waals surface area (Å²) in [5.74, 6) is 1.40. The quantitative estimate of drug-likeness (QED) is 0.814. The summed E-state index contributed by atoms with van der Waals surface area (Å²) in [5.41, 5.74) is 6.95. The van der Waals surface area contributed by atoms with Gasteiger partial charge in [0.05, 0.1) is 6.54 Å². The highest BCUT2D eigenvalue weighted by Crippen LogP contribution is 2.21. The summed E-state index contributed by atoms with van der Waals surface area (Å²) in [6, 6.07) is 0. The van der Waals surface area contributed by atoms with E-state index in [1.807, 2.05) is 4.57 Å². The van der Waals surface area contributed by atoms with Gasteiger partial charge in [-0.15, -0.1) is 10.2 Å². The monoisotopic (exact) mass is 280 g/mol. The van der Waals surface area contributed by atoms with Crippen LogP contribution in [0.4, 0.5) is 0 Å². The second kappa shape index (κ2) is 7.17. The van der Waals surface area contributed by atoms with Crippen molar-refractivity contribution in [2.24, 2.45) is 5.73 Å². The van der Waals surface area contributed by atoms with Crippen molar-refractivity contribution in [3.05, 3.63) is 16.4 Å². The molecule has 0 unspecified atom stereocenters. The van der Waals surface area contributed by atoms with Gasteiger partial charge in [0.25, 0.3) is 0 Å². The molecule has 0 radical (unpaired) electrons. The Bertz CT molecular complexity index is 364. The van der Waals surface area contributed by atoms with Crippen LogP contribution in [0, 0.1) is 0 Å². The highest BCUT2D eigenvalue weighted by molar-refractivity contribution is 7.99.